The van der Waals surface area contributed by atoms with Crippen LogP contribution in [0.5, 0.6) is 0 Å². The predicted molar refractivity (Wildman–Crippen MR) is 61.7 cm³/mol. The highest BCUT2D eigenvalue weighted by molar-refractivity contribution is 9.10. The summed E-state index contributed by atoms with van der Waals surface area (Å²) in [7, 11) is 0. The Morgan fingerprint density at radius 3 is 2.86 bits per heavy atom. The van der Waals surface area contributed by atoms with Crippen molar-refractivity contribution in [1.82, 2.24) is 0 Å². The van der Waals surface area contributed by atoms with Crippen molar-refractivity contribution in [3.8, 4) is 0 Å². The van der Waals surface area contributed by atoms with Gasteiger partial charge >= 0.3 is 0 Å². The van der Waals surface area contributed by atoms with Gasteiger partial charge in [-0.05, 0) is 40.9 Å². The van der Waals surface area contributed by atoms with E-state index in [1.165, 1.54) is 5.56 Å². The van der Waals surface area contributed by atoms with Gasteiger partial charge in [-0.15, -0.1) is 0 Å². The van der Waals surface area contributed by atoms with Crippen molar-refractivity contribution in [2.45, 2.75) is 24.3 Å². The summed E-state index contributed by atoms with van der Waals surface area (Å²) in [5.74, 6) is 0.541. The molecule has 0 amide bonds. The van der Waals surface area contributed by atoms with Crippen LogP contribution >= 0.6 is 31.9 Å². The molecule has 1 fully saturated rings. The molecule has 2 rings (SSSR count). The molecule has 2 nitrogen and oxygen atoms in total. The molecule has 1 aromatic rings. The van der Waals surface area contributed by atoms with E-state index >= 15 is 0 Å². The van der Waals surface area contributed by atoms with Gasteiger partial charge in [0.2, 0.25) is 0 Å². The van der Waals surface area contributed by atoms with Crippen LogP contribution in [0.15, 0.2) is 21.4 Å². The minimum Gasteiger partial charge on any atom is -0.457 e. The lowest BCUT2D eigenvalue weighted by atomic mass is 9.95. The molecule has 0 aliphatic carbocycles. The third-order valence-corrected chi connectivity index (χ3v) is 4.04. The average Bonchev–Trinajstić information content (AvgIpc) is 2.67. The third-order valence-electron chi connectivity index (χ3n) is 2.68. The van der Waals surface area contributed by atoms with Gasteiger partial charge < -0.3 is 9.15 Å². The molecule has 0 spiro atoms. The summed E-state index contributed by atoms with van der Waals surface area (Å²) < 4.78 is 11.6. The van der Waals surface area contributed by atoms with E-state index in [4.69, 9.17) is 9.15 Å². The number of alkyl halides is 1. The summed E-state index contributed by atoms with van der Waals surface area (Å²) in [5.41, 5.74) is 1.23. The highest BCUT2D eigenvalue weighted by atomic mass is 79.9. The summed E-state index contributed by atoms with van der Waals surface area (Å²) in [5, 5.41) is 0. The molecule has 1 aliphatic heterocycles. The Bertz CT molecular complexity index is 301. The van der Waals surface area contributed by atoms with E-state index in [-0.39, 0.29) is 0 Å². The van der Waals surface area contributed by atoms with Crippen LogP contribution in [0.2, 0.25) is 0 Å². The van der Waals surface area contributed by atoms with Crippen LogP contribution < -0.4 is 0 Å². The predicted octanol–water partition coefficient (Wildman–Crippen LogP) is 3.38. The van der Waals surface area contributed by atoms with Gasteiger partial charge in [0.1, 0.15) is 0 Å². The van der Waals surface area contributed by atoms with E-state index < -0.39 is 0 Å². The molecular weight excluding hydrogens is 312 g/mol. The fourth-order valence-corrected chi connectivity index (χ4v) is 2.96. The molecule has 2 heterocycles. The molecule has 1 aromatic heterocycles. The Hall–Kier alpha value is 0.200. The second-order valence-electron chi connectivity index (χ2n) is 3.68. The zero-order chi connectivity index (χ0) is 10.1. The van der Waals surface area contributed by atoms with Crippen LogP contribution in [0.4, 0.5) is 0 Å². The molecule has 1 aliphatic rings. The van der Waals surface area contributed by atoms with Gasteiger partial charge in [0.25, 0.3) is 0 Å². The molecule has 0 radical (unpaired) electrons. The number of halogens is 2. The Morgan fingerprint density at radius 2 is 2.36 bits per heavy atom. The molecule has 3 unspecified atom stereocenters. The minimum absolute atomic E-state index is 0.327. The van der Waals surface area contributed by atoms with Crippen molar-refractivity contribution in [3.05, 3.63) is 22.6 Å². The SMILES string of the molecule is CC1OCC(Br)C1Cc1coc(Br)c1. The largest absolute Gasteiger partial charge is 0.457 e. The van der Waals surface area contributed by atoms with E-state index in [1.54, 1.807) is 6.26 Å². The van der Waals surface area contributed by atoms with Crippen LogP contribution in [0.3, 0.4) is 0 Å². The van der Waals surface area contributed by atoms with Crippen molar-refractivity contribution in [2.24, 2.45) is 5.92 Å². The fourth-order valence-electron chi connectivity index (χ4n) is 1.80. The van der Waals surface area contributed by atoms with Crippen LogP contribution in [0, 0.1) is 5.92 Å². The lowest BCUT2D eigenvalue weighted by Gasteiger charge is -2.15. The summed E-state index contributed by atoms with van der Waals surface area (Å²) in [6.07, 6.45) is 3.13. The van der Waals surface area contributed by atoms with Crippen LogP contribution in [0.1, 0.15) is 12.5 Å². The highest BCUT2D eigenvalue weighted by Crippen LogP contribution is 2.31. The van der Waals surface area contributed by atoms with Crippen molar-refractivity contribution < 1.29 is 9.15 Å². The number of furan rings is 1. The number of ether oxygens (including phenoxy) is 1. The first-order valence-corrected chi connectivity index (χ1v) is 6.36. The summed E-state index contributed by atoms with van der Waals surface area (Å²) >= 11 is 6.94. The van der Waals surface area contributed by atoms with Gasteiger partial charge in [-0.3, -0.25) is 0 Å². The highest BCUT2D eigenvalue weighted by Gasteiger charge is 2.32. The number of hydrogen-bond donors (Lipinski definition) is 0. The zero-order valence-electron chi connectivity index (χ0n) is 7.87. The number of hydrogen-bond acceptors (Lipinski definition) is 2. The van der Waals surface area contributed by atoms with Crippen molar-refractivity contribution >= 4 is 31.9 Å². The first-order chi connectivity index (χ1) is 6.66. The van der Waals surface area contributed by atoms with Gasteiger partial charge in [0.15, 0.2) is 4.67 Å². The zero-order valence-corrected chi connectivity index (χ0v) is 11.0. The average molecular weight is 324 g/mol. The minimum atomic E-state index is 0.327. The maximum Gasteiger partial charge on any atom is 0.169 e. The van der Waals surface area contributed by atoms with E-state index in [1.807, 2.05) is 6.07 Å². The number of rotatable bonds is 2. The molecule has 0 bridgehead atoms. The molecule has 0 aromatic carbocycles. The molecule has 3 atom stereocenters. The summed E-state index contributed by atoms with van der Waals surface area (Å²) in [6.45, 7) is 2.94. The van der Waals surface area contributed by atoms with E-state index in [9.17, 15) is 0 Å². The first-order valence-electron chi connectivity index (χ1n) is 4.65. The van der Waals surface area contributed by atoms with Gasteiger partial charge in [0.05, 0.1) is 19.0 Å². The first kappa shape index (κ1) is 10.7. The maximum atomic E-state index is 5.57. The molecule has 1 saturated heterocycles. The Labute approximate surface area is 100 Å². The topological polar surface area (TPSA) is 22.4 Å². The van der Waals surface area contributed by atoms with Gasteiger partial charge in [-0.1, -0.05) is 15.9 Å². The lowest BCUT2D eigenvalue weighted by Crippen LogP contribution is -2.20. The maximum absolute atomic E-state index is 5.57. The van der Waals surface area contributed by atoms with Gasteiger partial charge in [-0.25, -0.2) is 0 Å². The summed E-state index contributed by atoms with van der Waals surface area (Å²) in [6, 6.07) is 2.02. The molecule has 4 heteroatoms. The molecule has 0 saturated carbocycles. The van der Waals surface area contributed by atoms with Crippen LogP contribution in [0.25, 0.3) is 0 Å². The van der Waals surface area contributed by atoms with Crippen molar-refractivity contribution in [3.63, 3.8) is 0 Å². The van der Waals surface area contributed by atoms with E-state index in [2.05, 4.69) is 38.8 Å². The Morgan fingerprint density at radius 1 is 1.57 bits per heavy atom. The second kappa shape index (κ2) is 4.37. The standard InChI is InChI=1S/C10H12Br2O2/c1-6-8(9(11)5-13-6)2-7-3-10(12)14-4-7/h3-4,6,8-9H,2,5H2,1H3. The van der Waals surface area contributed by atoms with Crippen molar-refractivity contribution in [2.75, 3.05) is 6.61 Å². The van der Waals surface area contributed by atoms with Crippen LogP contribution in [-0.2, 0) is 11.2 Å². The Kier molecular flexibility index (Phi) is 3.34. The second-order valence-corrected chi connectivity index (χ2v) is 5.64. The van der Waals surface area contributed by atoms with E-state index in [0.29, 0.717) is 16.8 Å². The molecule has 14 heavy (non-hydrogen) atoms. The van der Waals surface area contributed by atoms with E-state index in [0.717, 1.165) is 17.7 Å². The van der Waals surface area contributed by atoms with Gasteiger partial charge in [-0.2, -0.15) is 0 Å². The summed E-state index contributed by atoms with van der Waals surface area (Å²) in [4.78, 5) is 0.464. The lowest BCUT2D eigenvalue weighted by molar-refractivity contribution is 0.106. The smallest absolute Gasteiger partial charge is 0.169 e. The monoisotopic (exact) mass is 322 g/mol. The van der Waals surface area contributed by atoms with Crippen molar-refractivity contribution in [1.29, 1.82) is 0 Å². The molecular formula is C10H12Br2O2. The normalized spacial score (nSPS) is 32.4. The third kappa shape index (κ3) is 2.23. The molecule has 0 N–H and O–H groups in total. The van der Waals surface area contributed by atoms with Gasteiger partial charge in [0, 0.05) is 10.7 Å². The Balaban J connectivity index is 2.03. The molecule has 78 valence electrons. The quantitative estimate of drug-likeness (QED) is 0.778. The van der Waals surface area contributed by atoms with Crippen LogP contribution in [-0.4, -0.2) is 17.5 Å². The fraction of sp³-hybridized carbons (Fsp3) is 0.600.